The lowest BCUT2D eigenvalue weighted by molar-refractivity contribution is 0.233. The molecule has 2 heterocycles. The van der Waals surface area contributed by atoms with Crippen LogP contribution in [0.2, 0.25) is 0 Å². The fourth-order valence-electron chi connectivity index (χ4n) is 2.88. The van der Waals surface area contributed by atoms with Crippen molar-refractivity contribution < 1.29 is 0 Å². The van der Waals surface area contributed by atoms with Crippen molar-refractivity contribution in [1.29, 1.82) is 0 Å². The zero-order valence-corrected chi connectivity index (χ0v) is 12.7. The summed E-state index contributed by atoms with van der Waals surface area (Å²) in [4.78, 5) is 2.61. The van der Waals surface area contributed by atoms with Gasteiger partial charge in [0.2, 0.25) is 0 Å². The molecule has 19 heavy (non-hydrogen) atoms. The molecule has 1 atom stereocenters. The zero-order chi connectivity index (χ0) is 13.7. The van der Waals surface area contributed by atoms with Gasteiger partial charge in [0.15, 0.2) is 0 Å². The third-order valence-electron chi connectivity index (χ3n) is 4.06. The molecule has 0 spiro atoms. The van der Waals surface area contributed by atoms with Crippen LogP contribution in [0, 0.1) is 0 Å². The van der Waals surface area contributed by atoms with E-state index in [0.29, 0.717) is 6.04 Å². The van der Waals surface area contributed by atoms with E-state index in [1.54, 1.807) is 0 Å². The summed E-state index contributed by atoms with van der Waals surface area (Å²) in [6.45, 7) is 8.93. The summed E-state index contributed by atoms with van der Waals surface area (Å²) >= 11 is 0. The highest BCUT2D eigenvalue weighted by molar-refractivity contribution is 5.10. The Balaban J connectivity index is 1.91. The Hall–Kier alpha value is -0.870. The summed E-state index contributed by atoms with van der Waals surface area (Å²) in [5.74, 6) is 0. The molecular weight excluding hydrogens is 236 g/mol. The molecule has 0 amide bonds. The molecule has 1 aliphatic heterocycles. The van der Waals surface area contributed by atoms with Crippen molar-refractivity contribution in [2.24, 2.45) is 7.05 Å². The van der Waals surface area contributed by atoms with Crippen LogP contribution >= 0.6 is 0 Å². The first-order valence-corrected chi connectivity index (χ1v) is 7.71. The lowest BCUT2D eigenvalue weighted by Gasteiger charge is -2.24. The highest BCUT2D eigenvalue weighted by Crippen LogP contribution is 2.19. The van der Waals surface area contributed by atoms with Gasteiger partial charge in [-0.3, -0.25) is 9.58 Å². The summed E-state index contributed by atoms with van der Waals surface area (Å²) in [6.07, 6.45) is 4.90. The van der Waals surface area contributed by atoms with Gasteiger partial charge in [-0.25, -0.2) is 0 Å². The number of aromatic nitrogens is 2. The van der Waals surface area contributed by atoms with Crippen LogP contribution in [-0.4, -0.2) is 40.4 Å². The van der Waals surface area contributed by atoms with Gasteiger partial charge in [0, 0.05) is 26.2 Å². The quantitative estimate of drug-likeness (QED) is 0.764. The SMILES string of the molecule is CCCNCC1CCCN1Cc1cc(CC)nn1C. The number of rotatable bonds is 7. The van der Waals surface area contributed by atoms with Crippen LogP contribution in [0.3, 0.4) is 0 Å². The molecule has 0 saturated carbocycles. The van der Waals surface area contributed by atoms with Crippen LogP contribution in [0.1, 0.15) is 44.5 Å². The van der Waals surface area contributed by atoms with Gasteiger partial charge in [-0.05, 0) is 44.8 Å². The standard InChI is InChI=1S/C15H28N4/c1-4-8-16-11-14-7-6-9-19(14)12-15-10-13(5-2)17-18(15)3/h10,14,16H,4-9,11-12H2,1-3H3. The van der Waals surface area contributed by atoms with Crippen LogP contribution in [-0.2, 0) is 20.0 Å². The number of nitrogens with zero attached hydrogens (tertiary/aromatic N) is 3. The van der Waals surface area contributed by atoms with E-state index in [1.165, 1.54) is 37.2 Å². The van der Waals surface area contributed by atoms with Crippen LogP contribution in [0.25, 0.3) is 0 Å². The Morgan fingerprint density at radius 2 is 2.26 bits per heavy atom. The molecule has 0 aliphatic carbocycles. The van der Waals surface area contributed by atoms with Crippen molar-refractivity contribution in [1.82, 2.24) is 20.0 Å². The number of likely N-dealkylation sites (tertiary alicyclic amines) is 1. The maximum atomic E-state index is 4.55. The Bertz CT molecular complexity index is 385. The molecule has 4 nitrogen and oxygen atoms in total. The number of nitrogens with one attached hydrogen (secondary N) is 1. The number of hydrogen-bond acceptors (Lipinski definition) is 3. The van der Waals surface area contributed by atoms with Gasteiger partial charge < -0.3 is 5.32 Å². The van der Waals surface area contributed by atoms with E-state index >= 15 is 0 Å². The average molecular weight is 264 g/mol. The van der Waals surface area contributed by atoms with Gasteiger partial charge in [-0.1, -0.05) is 13.8 Å². The van der Waals surface area contributed by atoms with Gasteiger partial charge in [0.1, 0.15) is 0 Å². The van der Waals surface area contributed by atoms with Crippen LogP contribution < -0.4 is 5.32 Å². The smallest absolute Gasteiger partial charge is 0.0625 e. The fraction of sp³-hybridized carbons (Fsp3) is 0.800. The maximum Gasteiger partial charge on any atom is 0.0625 e. The maximum absolute atomic E-state index is 4.55. The molecular formula is C15H28N4. The van der Waals surface area contributed by atoms with E-state index < -0.39 is 0 Å². The molecule has 1 aromatic rings. The number of hydrogen-bond donors (Lipinski definition) is 1. The molecule has 1 aliphatic rings. The lowest BCUT2D eigenvalue weighted by Crippen LogP contribution is -2.38. The largest absolute Gasteiger partial charge is 0.315 e. The normalized spacial score (nSPS) is 20.3. The first kappa shape index (κ1) is 14.5. The van der Waals surface area contributed by atoms with Gasteiger partial charge in [-0.2, -0.15) is 5.10 Å². The highest BCUT2D eigenvalue weighted by atomic mass is 15.3. The van der Waals surface area contributed by atoms with E-state index in [1.807, 2.05) is 4.68 Å². The highest BCUT2D eigenvalue weighted by Gasteiger charge is 2.24. The molecule has 0 radical (unpaired) electrons. The van der Waals surface area contributed by atoms with E-state index in [2.05, 4.69) is 42.3 Å². The third kappa shape index (κ3) is 3.80. The van der Waals surface area contributed by atoms with E-state index in [4.69, 9.17) is 0 Å². The van der Waals surface area contributed by atoms with Crippen LogP contribution in [0.15, 0.2) is 6.07 Å². The van der Waals surface area contributed by atoms with Crippen molar-refractivity contribution in [3.8, 4) is 0 Å². The minimum absolute atomic E-state index is 0.700. The van der Waals surface area contributed by atoms with Crippen molar-refractivity contribution >= 4 is 0 Å². The zero-order valence-electron chi connectivity index (χ0n) is 12.7. The Morgan fingerprint density at radius 3 is 2.95 bits per heavy atom. The molecule has 0 bridgehead atoms. The van der Waals surface area contributed by atoms with Gasteiger partial charge in [-0.15, -0.1) is 0 Å². The topological polar surface area (TPSA) is 33.1 Å². The Kier molecular flexibility index (Phi) is 5.40. The summed E-state index contributed by atoms with van der Waals surface area (Å²) < 4.78 is 2.05. The first-order valence-electron chi connectivity index (χ1n) is 7.71. The minimum Gasteiger partial charge on any atom is -0.315 e. The van der Waals surface area contributed by atoms with Gasteiger partial charge >= 0.3 is 0 Å². The van der Waals surface area contributed by atoms with Crippen molar-refractivity contribution in [3.63, 3.8) is 0 Å². The van der Waals surface area contributed by atoms with Gasteiger partial charge in [0.25, 0.3) is 0 Å². The molecule has 1 fully saturated rings. The van der Waals surface area contributed by atoms with Crippen LogP contribution in [0.4, 0.5) is 0 Å². The van der Waals surface area contributed by atoms with Crippen molar-refractivity contribution in [2.45, 2.75) is 52.1 Å². The van der Waals surface area contributed by atoms with E-state index in [-0.39, 0.29) is 0 Å². The van der Waals surface area contributed by atoms with E-state index in [0.717, 1.165) is 26.1 Å². The molecule has 1 unspecified atom stereocenters. The monoisotopic (exact) mass is 264 g/mol. The second kappa shape index (κ2) is 7.06. The lowest BCUT2D eigenvalue weighted by atomic mass is 10.2. The second-order valence-electron chi connectivity index (χ2n) is 5.57. The van der Waals surface area contributed by atoms with Crippen molar-refractivity contribution in [3.05, 3.63) is 17.5 Å². The summed E-state index contributed by atoms with van der Waals surface area (Å²) in [5, 5.41) is 8.11. The summed E-state index contributed by atoms with van der Waals surface area (Å²) in [6, 6.07) is 2.96. The molecule has 2 rings (SSSR count). The number of aryl methyl sites for hydroxylation is 2. The predicted molar refractivity (Wildman–Crippen MR) is 79.2 cm³/mol. The molecule has 1 aromatic heterocycles. The molecule has 1 saturated heterocycles. The molecule has 1 N–H and O–H groups in total. The Morgan fingerprint density at radius 1 is 1.42 bits per heavy atom. The summed E-state index contributed by atoms with van der Waals surface area (Å²) in [5.41, 5.74) is 2.55. The fourth-order valence-corrected chi connectivity index (χ4v) is 2.88. The molecule has 108 valence electrons. The predicted octanol–water partition coefficient (Wildman–Crippen LogP) is 1.95. The third-order valence-corrected chi connectivity index (χ3v) is 4.06. The van der Waals surface area contributed by atoms with E-state index in [9.17, 15) is 0 Å². The molecule has 4 heteroatoms. The Labute approximate surface area is 117 Å². The summed E-state index contributed by atoms with van der Waals surface area (Å²) in [7, 11) is 2.06. The van der Waals surface area contributed by atoms with Gasteiger partial charge in [0.05, 0.1) is 11.4 Å². The van der Waals surface area contributed by atoms with Crippen LogP contribution in [0.5, 0.6) is 0 Å². The average Bonchev–Trinajstić information content (AvgIpc) is 2.98. The second-order valence-corrected chi connectivity index (χ2v) is 5.57. The first-order chi connectivity index (χ1) is 9.24. The van der Waals surface area contributed by atoms with Crippen molar-refractivity contribution in [2.75, 3.05) is 19.6 Å². The molecule has 0 aromatic carbocycles. The minimum atomic E-state index is 0.700.